The van der Waals surface area contributed by atoms with Crippen LogP contribution in [0, 0.1) is 5.92 Å². The largest absolute Gasteiger partial charge is 0.416 e. The van der Waals surface area contributed by atoms with Crippen LogP contribution in [0.5, 0.6) is 0 Å². The first kappa shape index (κ1) is 30.3. The molecule has 218 valence electrons. The zero-order valence-corrected chi connectivity index (χ0v) is 23.6. The zero-order valence-electron chi connectivity index (χ0n) is 22.8. The van der Waals surface area contributed by atoms with Gasteiger partial charge in [-0.3, -0.25) is 9.59 Å². The quantitative estimate of drug-likeness (QED) is 0.353. The van der Waals surface area contributed by atoms with Gasteiger partial charge in [-0.15, -0.1) is 0 Å². The van der Waals surface area contributed by atoms with Crippen molar-refractivity contribution < 1.29 is 36.3 Å². The molecule has 0 radical (unpaired) electrons. The van der Waals surface area contributed by atoms with Gasteiger partial charge in [0, 0.05) is 17.7 Å². The predicted molar refractivity (Wildman–Crippen MR) is 147 cm³/mol. The molecule has 0 spiro atoms. The second-order valence-corrected chi connectivity index (χ2v) is 12.6. The average Bonchev–Trinajstić information content (AvgIpc) is 3.22. The maximum absolute atomic E-state index is 13.5. The lowest BCUT2D eigenvalue weighted by Crippen LogP contribution is -2.31. The lowest BCUT2D eigenvalue weighted by Gasteiger charge is -2.28. The SMILES string of the molecule is CCS(=O)(=O)c1ccc([C@H](CO)NC(=O)c2ccc3c(c2)C(=O)N(Cc2ccc(C(F)(F)F)cc2)C3C(C)C)cc1. The Balaban J connectivity index is 1.54. The fraction of sp³-hybridized carbons (Fsp3) is 0.333. The molecule has 1 aliphatic rings. The van der Waals surface area contributed by atoms with Crippen LogP contribution in [0.1, 0.15) is 75.8 Å². The van der Waals surface area contributed by atoms with E-state index < -0.39 is 40.1 Å². The van der Waals surface area contributed by atoms with Gasteiger partial charge in [-0.25, -0.2) is 8.42 Å². The van der Waals surface area contributed by atoms with Gasteiger partial charge in [0.2, 0.25) is 0 Å². The number of halogens is 3. The summed E-state index contributed by atoms with van der Waals surface area (Å²) in [7, 11) is -3.40. The van der Waals surface area contributed by atoms with Crippen LogP contribution in [0.15, 0.2) is 71.6 Å². The van der Waals surface area contributed by atoms with Gasteiger partial charge in [-0.2, -0.15) is 13.2 Å². The van der Waals surface area contributed by atoms with Crippen LogP contribution in [0.25, 0.3) is 0 Å². The Labute approximate surface area is 236 Å². The average molecular weight is 589 g/mol. The zero-order chi connectivity index (χ0) is 30.1. The molecule has 2 amide bonds. The van der Waals surface area contributed by atoms with Gasteiger partial charge in [0.1, 0.15) is 0 Å². The van der Waals surface area contributed by atoms with E-state index in [1.54, 1.807) is 24.0 Å². The van der Waals surface area contributed by atoms with Crippen molar-refractivity contribution in [1.82, 2.24) is 10.2 Å². The molecule has 41 heavy (non-hydrogen) atoms. The van der Waals surface area contributed by atoms with Gasteiger partial charge in [-0.1, -0.05) is 51.1 Å². The Bertz CT molecular complexity index is 1540. The number of carbonyl (C=O) groups is 2. The van der Waals surface area contributed by atoms with Gasteiger partial charge in [0.05, 0.1) is 34.9 Å². The van der Waals surface area contributed by atoms with E-state index in [-0.39, 0.29) is 40.6 Å². The number of nitrogens with zero attached hydrogens (tertiary/aromatic N) is 1. The molecule has 0 saturated carbocycles. The lowest BCUT2D eigenvalue weighted by atomic mass is 9.94. The van der Waals surface area contributed by atoms with Crippen LogP contribution in [-0.4, -0.2) is 42.6 Å². The summed E-state index contributed by atoms with van der Waals surface area (Å²) in [4.78, 5) is 28.4. The van der Waals surface area contributed by atoms with Gasteiger partial charge < -0.3 is 15.3 Å². The Kier molecular flexibility index (Phi) is 8.60. The highest BCUT2D eigenvalue weighted by atomic mass is 32.2. The molecular formula is C30H31F3N2O5S. The maximum atomic E-state index is 13.5. The van der Waals surface area contributed by atoms with Crippen LogP contribution in [0.2, 0.25) is 0 Å². The van der Waals surface area contributed by atoms with Crippen molar-refractivity contribution in [2.75, 3.05) is 12.4 Å². The Morgan fingerprint density at radius 1 is 1.02 bits per heavy atom. The number of carbonyl (C=O) groups excluding carboxylic acids is 2. The normalized spacial score (nSPS) is 16.1. The summed E-state index contributed by atoms with van der Waals surface area (Å²) in [6.45, 7) is 5.09. The maximum Gasteiger partial charge on any atom is 0.416 e. The van der Waals surface area contributed by atoms with Crippen LogP contribution in [0.4, 0.5) is 13.2 Å². The third-order valence-corrected chi connectivity index (χ3v) is 8.99. The number of fused-ring (bicyclic) bond motifs is 1. The standard InChI is InChI=1S/C30H31F3N2O5S/c1-4-41(39,40)23-12-7-20(8-13-23)26(17-36)34-28(37)21-9-14-24-25(15-21)29(38)35(27(24)18(2)3)16-19-5-10-22(11-6-19)30(31,32)33/h5-15,18,26-27,36H,4,16-17H2,1-3H3,(H,34,37)/t26-,27?/m0/s1. The molecule has 0 saturated heterocycles. The first-order valence-electron chi connectivity index (χ1n) is 13.1. The van der Waals surface area contributed by atoms with Crippen LogP contribution in [-0.2, 0) is 22.6 Å². The van der Waals surface area contributed by atoms with E-state index in [1.807, 2.05) is 13.8 Å². The van der Waals surface area contributed by atoms with Crippen molar-refractivity contribution in [3.8, 4) is 0 Å². The number of benzene rings is 3. The summed E-state index contributed by atoms with van der Waals surface area (Å²) in [5.74, 6) is -0.928. The van der Waals surface area contributed by atoms with Crippen molar-refractivity contribution in [2.24, 2.45) is 5.92 Å². The minimum Gasteiger partial charge on any atom is -0.394 e. The Hall–Kier alpha value is -3.70. The minimum atomic E-state index is -4.45. The lowest BCUT2D eigenvalue weighted by molar-refractivity contribution is -0.137. The predicted octanol–water partition coefficient (Wildman–Crippen LogP) is 5.32. The first-order chi connectivity index (χ1) is 19.3. The summed E-state index contributed by atoms with van der Waals surface area (Å²) >= 11 is 0. The van der Waals surface area contributed by atoms with E-state index in [0.717, 1.165) is 17.7 Å². The van der Waals surface area contributed by atoms with Gasteiger partial charge in [-0.05, 0) is 59.0 Å². The van der Waals surface area contributed by atoms with Gasteiger partial charge >= 0.3 is 6.18 Å². The topological polar surface area (TPSA) is 104 Å². The summed E-state index contributed by atoms with van der Waals surface area (Å²) in [5.41, 5.74) is 1.54. The molecule has 3 aromatic rings. The molecule has 0 aliphatic carbocycles. The molecule has 0 fully saturated rings. The number of amides is 2. The summed E-state index contributed by atoms with van der Waals surface area (Å²) in [5, 5.41) is 12.6. The van der Waals surface area contributed by atoms with Crippen molar-refractivity contribution in [2.45, 2.75) is 50.5 Å². The molecule has 2 atom stereocenters. The number of rotatable bonds is 9. The highest BCUT2D eigenvalue weighted by molar-refractivity contribution is 7.91. The number of aliphatic hydroxyl groups excluding tert-OH is 1. The fourth-order valence-electron chi connectivity index (χ4n) is 5.02. The summed E-state index contributed by atoms with van der Waals surface area (Å²) < 4.78 is 63.1. The number of nitrogens with one attached hydrogen (secondary N) is 1. The van der Waals surface area contributed by atoms with Gasteiger partial charge in [0.25, 0.3) is 11.8 Å². The van der Waals surface area contributed by atoms with E-state index in [9.17, 15) is 36.3 Å². The number of sulfone groups is 1. The molecule has 7 nitrogen and oxygen atoms in total. The highest BCUT2D eigenvalue weighted by Crippen LogP contribution is 2.40. The van der Waals surface area contributed by atoms with E-state index in [0.29, 0.717) is 16.7 Å². The third-order valence-electron chi connectivity index (χ3n) is 7.24. The second-order valence-electron chi connectivity index (χ2n) is 10.3. The van der Waals surface area contributed by atoms with E-state index in [2.05, 4.69) is 5.32 Å². The molecule has 2 N–H and O–H groups in total. The molecule has 1 aliphatic heterocycles. The van der Waals surface area contributed by atoms with Crippen molar-refractivity contribution in [1.29, 1.82) is 0 Å². The molecule has 11 heteroatoms. The Morgan fingerprint density at radius 3 is 2.20 bits per heavy atom. The van der Waals surface area contributed by atoms with Crippen LogP contribution >= 0.6 is 0 Å². The first-order valence-corrected chi connectivity index (χ1v) is 14.8. The van der Waals surface area contributed by atoms with Crippen molar-refractivity contribution in [3.05, 3.63) is 100 Å². The molecule has 1 unspecified atom stereocenters. The van der Waals surface area contributed by atoms with Crippen molar-refractivity contribution >= 4 is 21.7 Å². The minimum absolute atomic E-state index is 0.00686. The van der Waals surface area contributed by atoms with Crippen molar-refractivity contribution in [3.63, 3.8) is 0 Å². The molecule has 4 rings (SSSR count). The van der Waals surface area contributed by atoms with E-state index >= 15 is 0 Å². The van der Waals surface area contributed by atoms with Crippen LogP contribution in [0.3, 0.4) is 0 Å². The molecule has 0 aromatic heterocycles. The smallest absolute Gasteiger partial charge is 0.394 e. The number of alkyl halides is 3. The van der Waals surface area contributed by atoms with E-state index in [1.165, 1.54) is 42.5 Å². The van der Waals surface area contributed by atoms with E-state index in [4.69, 9.17) is 0 Å². The number of aliphatic hydroxyl groups is 1. The second kappa shape index (κ2) is 11.7. The summed E-state index contributed by atoms with van der Waals surface area (Å²) in [6.07, 6.45) is -4.45. The highest BCUT2D eigenvalue weighted by Gasteiger charge is 2.39. The summed E-state index contributed by atoms with van der Waals surface area (Å²) in [6, 6.07) is 14.2. The molecule has 1 heterocycles. The molecular weight excluding hydrogens is 557 g/mol. The van der Waals surface area contributed by atoms with Gasteiger partial charge in [0.15, 0.2) is 9.84 Å². The number of hydrogen-bond acceptors (Lipinski definition) is 5. The fourth-order valence-corrected chi connectivity index (χ4v) is 5.91. The van der Waals surface area contributed by atoms with Crippen LogP contribution < -0.4 is 5.32 Å². The number of hydrogen-bond donors (Lipinski definition) is 2. The third kappa shape index (κ3) is 6.31. The molecule has 0 bridgehead atoms. The monoisotopic (exact) mass is 588 g/mol. The Morgan fingerprint density at radius 2 is 1.66 bits per heavy atom. The molecule has 3 aromatic carbocycles.